The van der Waals surface area contributed by atoms with Gasteiger partial charge in [-0.05, 0) is 130 Å². The largest absolute Gasteiger partial charge is 0.264 e. The summed E-state index contributed by atoms with van der Waals surface area (Å²) in [6.45, 7) is 4.58. The van der Waals surface area contributed by atoms with Crippen LogP contribution in [0.25, 0.3) is 66.1 Å². The van der Waals surface area contributed by atoms with Crippen LogP contribution in [0.15, 0.2) is 237 Å². The molecule has 0 fully saturated rings. The fraction of sp³-hybridized carbons (Fsp3) is 0.0615. The van der Waals surface area contributed by atoms with E-state index in [-0.39, 0.29) is 0 Å². The van der Waals surface area contributed by atoms with Crippen LogP contribution in [0.4, 0.5) is 0 Å². The molecule has 0 saturated heterocycles. The van der Waals surface area contributed by atoms with Gasteiger partial charge in [0.1, 0.15) is 0 Å². The molecule has 0 aliphatic heterocycles. The van der Waals surface area contributed by atoms with Crippen LogP contribution in [0.5, 0.6) is 0 Å². The van der Waals surface area contributed by atoms with Crippen LogP contribution in [0, 0.1) is 13.8 Å². The molecule has 13 rings (SSSR count). The van der Waals surface area contributed by atoms with Gasteiger partial charge in [-0.1, -0.05) is 230 Å². The number of hydrogen-bond acceptors (Lipinski definition) is 1. The minimum atomic E-state index is -0.555. The molecule has 0 amide bonds. The summed E-state index contributed by atoms with van der Waals surface area (Å²) in [5.74, 6) is 0. The summed E-state index contributed by atoms with van der Waals surface area (Å²) in [4.78, 5) is 4.44. The number of hydrogen-bond donors (Lipinski definition) is 0. The van der Waals surface area contributed by atoms with Crippen LogP contribution >= 0.6 is 0 Å². The summed E-state index contributed by atoms with van der Waals surface area (Å²) in [5, 5.41) is 5.06. The predicted octanol–water partition coefficient (Wildman–Crippen LogP) is 16.1. The maximum absolute atomic E-state index is 4.44. The molecule has 2 aliphatic rings. The summed E-state index contributed by atoms with van der Waals surface area (Å²) in [5.41, 5.74) is 22.0. The van der Waals surface area contributed by atoms with Crippen LogP contribution in [0.2, 0.25) is 0 Å². The first-order valence-electron chi connectivity index (χ1n) is 23.1. The third kappa shape index (κ3) is 5.32. The Bertz CT molecular complexity index is 3550. The van der Waals surface area contributed by atoms with Crippen LogP contribution in [-0.2, 0) is 10.8 Å². The van der Waals surface area contributed by atoms with Gasteiger partial charge in [-0.25, -0.2) is 0 Å². The lowest BCUT2D eigenvalue weighted by molar-refractivity contribution is 0.730. The van der Waals surface area contributed by atoms with Gasteiger partial charge >= 0.3 is 0 Å². The number of aromatic nitrogens is 1. The van der Waals surface area contributed by atoms with E-state index in [1.54, 1.807) is 0 Å². The average molecular weight is 840 g/mol. The molecular formula is C65H45N. The summed E-state index contributed by atoms with van der Waals surface area (Å²) >= 11 is 0. The highest BCUT2D eigenvalue weighted by atomic mass is 14.6. The number of rotatable bonds is 7. The first-order chi connectivity index (χ1) is 32.6. The van der Waals surface area contributed by atoms with E-state index in [4.69, 9.17) is 0 Å². The zero-order valence-electron chi connectivity index (χ0n) is 37.0. The van der Waals surface area contributed by atoms with Gasteiger partial charge in [0.25, 0.3) is 0 Å². The zero-order valence-corrected chi connectivity index (χ0v) is 37.0. The lowest BCUT2D eigenvalue weighted by atomic mass is 9.62. The second-order valence-corrected chi connectivity index (χ2v) is 18.3. The molecule has 0 bridgehead atoms. The van der Waals surface area contributed by atoms with Crippen molar-refractivity contribution in [3.8, 4) is 44.5 Å². The van der Waals surface area contributed by atoms with Crippen LogP contribution in [-0.4, -0.2) is 4.98 Å². The van der Waals surface area contributed by atoms with Gasteiger partial charge in [0.05, 0.1) is 10.8 Å². The molecule has 0 unspecified atom stereocenters. The Labute approximate surface area is 386 Å². The SMILES string of the molecule is Cc1cc2c3c(c1)C(c1ccccc1)(c1ccc(-c4c5ccccc5c(-c5ccccc5)c5ccccc45)cc1)c1cc(C)cc(c1-3)C2(c1ccccc1)c1ccc(-c2cccnc2)cc1. The van der Waals surface area contributed by atoms with Gasteiger partial charge in [0.2, 0.25) is 0 Å². The molecule has 1 heteroatoms. The van der Waals surface area contributed by atoms with Crippen molar-refractivity contribution in [2.24, 2.45) is 0 Å². The van der Waals surface area contributed by atoms with E-state index < -0.39 is 10.8 Å². The fourth-order valence-electron chi connectivity index (χ4n) is 12.2. The van der Waals surface area contributed by atoms with E-state index in [2.05, 4.69) is 237 Å². The van der Waals surface area contributed by atoms with Crippen LogP contribution in [0.1, 0.15) is 55.6 Å². The smallest absolute Gasteiger partial charge is 0.0713 e. The average Bonchev–Trinajstić information content (AvgIpc) is 3.83. The van der Waals surface area contributed by atoms with Gasteiger partial charge in [-0.2, -0.15) is 0 Å². The third-order valence-corrected chi connectivity index (χ3v) is 14.8. The van der Waals surface area contributed by atoms with E-state index in [0.29, 0.717) is 0 Å². The molecule has 1 nitrogen and oxygen atoms in total. The van der Waals surface area contributed by atoms with Crippen molar-refractivity contribution in [3.63, 3.8) is 0 Å². The number of pyridine rings is 1. The van der Waals surface area contributed by atoms with Gasteiger partial charge in [-0.15, -0.1) is 0 Å². The van der Waals surface area contributed by atoms with Gasteiger partial charge < -0.3 is 0 Å². The molecule has 2 aliphatic carbocycles. The topological polar surface area (TPSA) is 12.9 Å². The molecule has 0 N–H and O–H groups in total. The maximum Gasteiger partial charge on any atom is 0.0713 e. The standard InChI is InChI=1S/C65H45N/c1-42-37-56-62-58(39-42)65(49-22-10-5-11-23-49,51-34-30-46(31-35-51)61-54-26-14-12-24-52(54)60(45-17-6-3-7-18-45)53-25-13-15-27-55(53)61)59-40-43(2)38-57(63(59)62)64(56,48-20-8-4-9-21-48)50-32-28-44(29-33-50)47-19-16-36-66-41-47/h3-41H,1-2H3. The van der Waals surface area contributed by atoms with Crippen molar-refractivity contribution in [2.45, 2.75) is 24.7 Å². The molecule has 1 aromatic heterocycles. The summed E-state index contributed by atoms with van der Waals surface area (Å²) in [6.07, 6.45) is 3.79. The van der Waals surface area contributed by atoms with E-state index in [1.165, 1.54) is 111 Å². The molecule has 0 radical (unpaired) electrons. The lowest BCUT2D eigenvalue weighted by Crippen LogP contribution is -2.33. The van der Waals surface area contributed by atoms with Crippen molar-refractivity contribution >= 4 is 21.5 Å². The van der Waals surface area contributed by atoms with E-state index >= 15 is 0 Å². The second kappa shape index (κ2) is 14.7. The van der Waals surface area contributed by atoms with Crippen LogP contribution in [0.3, 0.4) is 0 Å². The monoisotopic (exact) mass is 839 g/mol. The summed E-state index contributed by atoms with van der Waals surface area (Å²) in [6, 6.07) is 84.3. The molecule has 1 heterocycles. The second-order valence-electron chi connectivity index (χ2n) is 18.3. The number of benzene rings is 10. The molecule has 0 spiro atoms. The minimum absolute atomic E-state index is 0.526. The highest BCUT2D eigenvalue weighted by molar-refractivity contribution is 6.21. The first-order valence-corrected chi connectivity index (χ1v) is 23.1. The molecule has 0 atom stereocenters. The molecule has 10 aromatic carbocycles. The Balaban J connectivity index is 1.07. The van der Waals surface area contributed by atoms with Crippen molar-refractivity contribution < 1.29 is 0 Å². The number of aryl methyl sites for hydroxylation is 2. The Morgan fingerprint density at radius 3 is 1.02 bits per heavy atom. The first kappa shape index (κ1) is 38.3. The third-order valence-electron chi connectivity index (χ3n) is 14.8. The quantitative estimate of drug-likeness (QED) is 0.146. The summed E-state index contributed by atoms with van der Waals surface area (Å²) in [7, 11) is 0. The van der Waals surface area contributed by atoms with Gasteiger partial charge in [0, 0.05) is 12.4 Å². The molecule has 11 aromatic rings. The van der Waals surface area contributed by atoms with Crippen molar-refractivity contribution in [1.82, 2.24) is 4.98 Å². The van der Waals surface area contributed by atoms with E-state index in [9.17, 15) is 0 Å². The predicted molar refractivity (Wildman–Crippen MR) is 274 cm³/mol. The molecule has 0 saturated carbocycles. The Morgan fingerprint density at radius 1 is 0.288 bits per heavy atom. The normalized spacial score (nSPS) is 13.8. The molecular weight excluding hydrogens is 795 g/mol. The van der Waals surface area contributed by atoms with Gasteiger partial charge in [0.15, 0.2) is 0 Å². The minimum Gasteiger partial charge on any atom is -0.264 e. The number of nitrogens with zero attached hydrogens (tertiary/aromatic N) is 1. The van der Waals surface area contributed by atoms with E-state index in [1.807, 2.05) is 18.5 Å². The Hall–Kier alpha value is -8.13. The molecule has 66 heavy (non-hydrogen) atoms. The van der Waals surface area contributed by atoms with Crippen molar-refractivity contribution in [1.29, 1.82) is 0 Å². The van der Waals surface area contributed by atoms with Gasteiger partial charge in [-0.3, -0.25) is 4.98 Å². The van der Waals surface area contributed by atoms with Crippen molar-refractivity contribution in [2.75, 3.05) is 0 Å². The molecule has 310 valence electrons. The van der Waals surface area contributed by atoms with Crippen LogP contribution < -0.4 is 0 Å². The highest BCUT2D eigenvalue weighted by Crippen LogP contribution is 2.67. The fourth-order valence-corrected chi connectivity index (χ4v) is 12.2. The Morgan fingerprint density at radius 2 is 0.621 bits per heavy atom. The maximum atomic E-state index is 4.44. The number of fused-ring (bicyclic) bond motifs is 2. The van der Waals surface area contributed by atoms with E-state index in [0.717, 1.165) is 11.1 Å². The van der Waals surface area contributed by atoms with Crippen molar-refractivity contribution in [3.05, 3.63) is 292 Å². The summed E-state index contributed by atoms with van der Waals surface area (Å²) < 4.78 is 0. The lowest BCUT2D eigenvalue weighted by Gasteiger charge is -2.39. The Kier molecular flexibility index (Phi) is 8.54. The zero-order chi connectivity index (χ0) is 44.0. The highest BCUT2D eigenvalue weighted by Gasteiger charge is 2.56.